The number of hydrogen-bond donors (Lipinski definition) is 1. The van der Waals surface area contributed by atoms with Crippen molar-refractivity contribution in [2.24, 2.45) is 5.92 Å². The molecular weight excluding hydrogens is 250 g/mol. The quantitative estimate of drug-likeness (QED) is 0.898. The first-order valence-electron chi connectivity index (χ1n) is 7.64. The van der Waals surface area contributed by atoms with Crippen LogP contribution in [-0.2, 0) is 0 Å². The van der Waals surface area contributed by atoms with E-state index in [1.54, 1.807) is 7.11 Å². The third kappa shape index (κ3) is 3.97. The van der Waals surface area contributed by atoms with Crippen LogP contribution >= 0.6 is 0 Å². The molecule has 3 heteroatoms. The topological polar surface area (TPSA) is 32.7 Å². The van der Waals surface area contributed by atoms with E-state index in [0.29, 0.717) is 11.8 Å². The van der Waals surface area contributed by atoms with Crippen LogP contribution in [0.25, 0.3) is 0 Å². The Morgan fingerprint density at radius 1 is 1.20 bits per heavy atom. The second-order valence-electron chi connectivity index (χ2n) is 6.05. The molecule has 1 aliphatic rings. The maximum Gasteiger partial charge on any atom is 0.118 e. The summed E-state index contributed by atoms with van der Waals surface area (Å²) >= 11 is 0. The Morgan fingerprint density at radius 3 is 2.30 bits per heavy atom. The maximum absolute atomic E-state index is 9.64. The average Bonchev–Trinajstić information content (AvgIpc) is 2.48. The van der Waals surface area contributed by atoms with Gasteiger partial charge in [-0.3, -0.25) is 0 Å². The summed E-state index contributed by atoms with van der Waals surface area (Å²) in [5.74, 6) is 1.94. The smallest absolute Gasteiger partial charge is 0.118 e. The van der Waals surface area contributed by atoms with Crippen molar-refractivity contribution >= 4 is 0 Å². The van der Waals surface area contributed by atoms with Gasteiger partial charge in [-0.25, -0.2) is 0 Å². The number of aliphatic hydroxyl groups excluding tert-OH is 1. The maximum atomic E-state index is 9.64. The fraction of sp³-hybridized carbons (Fsp3) is 0.647. The first kappa shape index (κ1) is 15.3. The molecule has 0 bridgehead atoms. The van der Waals surface area contributed by atoms with Crippen LogP contribution in [-0.4, -0.2) is 42.9 Å². The molecule has 112 valence electrons. The minimum absolute atomic E-state index is 0.156. The molecule has 20 heavy (non-hydrogen) atoms. The summed E-state index contributed by atoms with van der Waals surface area (Å²) in [5, 5.41) is 9.64. The summed E-state index contributed by atoms with van der Waals surface area (Å²) < 4.78 is 5.20. The van der Waals surface area contributed by atoms with Crippen LogP contribution < -0.4 is 4.74 Å². The predicted molar refractivity (Wildman–Crippen MR) is 82.3 cm³/mol. The molecule has 1 N–H and O–H groups in total. The van der Waals surface area contributed by atoms with Gasteiger partial charge in [-0.05, 0) is 62.4 Å². The van der Waals surface area contributed by atoms with Crippen molar-refractivity contribution in [3.63, 3.8) is 0 Å². The van der Waals surface area contributed by atoms with Crippen LogP contribution in [0, 0.1) is 5.92 Å². The van der Waals surface area contributed by atoms with Gasteiger partial charge < -0.3 is 14.7 Å². The summed E-state index contributed by atoms with van der Waals surface area (Å²) in [7, 11) is 1.70. The minimum Gasteiger partial charge on any atom is -0.497 e. The molecule has 1 aromatic carbocycles. The van der Waals surface area contributed by atoms with Crippen LogP contribution in [0.1, 0.15) is 38.2 Å². The molecule has 1 saturated heterocycles. The molecule has 3 nitrogen and oxygen atoms in total. The van der Waals surface area contributed by atoms with Crippen molar-refractivity contribution in [1.29, 1.82) is 0 Å². The lowest BCUT2D eigenvalue weighted by molar-refractivity contribution is 0.0703. The summed E-state index contributed by atoms with van der Waals surface area (Å²) in [6.45, 7) is 7.51. The Labute approximate surface area is 122 Å². The largest absolute Gasteiger partial charge is 0.497 e. The lowest BCUT2D eigenvalue weighted by Gasteiger charge is -2.34. The van der Waals surface area contributed by atoms with E-state index in [9.17, 15) is 5.11 Å². The molecule has 2 rings (SSSR count). The second kappa shape index (κ2) is 7.09. The third-order valence-corrected chi connectivity index (χ3v) is 4.53. The van der Waals surface area contributed by atoms with Gasteiger partial charge in [0.25, 0.3) is 0 Å². The monoisotopic (exact) mass is 277 g/mol. The lowest BCUT2D eigenvalue weighted by Crippen LogP contribution is -2.38. The molecule has 1 heterocycles. The van der Waals surface area contributed by atoms with Crippen molar-refractivity contribution in [3.8, 4) is 5.75 Å². The highest BCUT2D eigenvalue weighted by molar-refractivity contribution is 5.29. The van der Waals surface area contributed by atoms with Gasteiger partial charge in [0.15, 0.2) is 0 Å². The van der Waals surface area contributed by atoms with Gasteiger partial charge in [0.2, 0.25) is 0 Å². The first-order chi connectivity index (χ1) is 9.60. The van der Waals surface area contributed by atoms with Gasteiger partial charge >= 0.3 is 0 Å². The molecule has 1 aromatic rings. The Balaban J connectivity index is 1.84. The Hall–Kier alpha value is -1.06. The standard InChI is InChI=1S/C17H27NO2/c1-13(15-4-6-17(20-3)7-5-15)12-18-10-8-16(9-11-18)14(2)19/h4-7,13-14,16,19H,8-12H2,1-3H3. The van der Waals surface area contributed by atoms with Gasteiger partial charge in [0, 0.05) is 6.54 Å². The van der Waals surface area contributed by atoms with Gasteiger partial charge in [0.1, 0.15) is 5.75 Å². The SMILES string of the molecule is COc1ccc(C(C)CN2CCC(C(C)O)CC2)cc1. The molecule has 0 aliphatic carbocycles. The summed E-state index contributed by atoms with van der Waals surface area (Å²) in [5.41, 5.74) is 1.36. The number of nitrogens with zero attached hydrogens (tertiary/aromatic N) is 1. The molecule has 2 atom stereocenters. The molecule has 0 amide bonds. The Kier molecular flexibility index (Phi) is 5.44. The van der Waals surface area contributed by atoms with E-state index in [1.807, 2.05) is 19.1 Å². The van der Waals surface area contributed by atoms with Crippen molar-refractivity contribution in [2.75, 3.05) is 26.7 Å². The fourth-order valence-electron chi connectivity index (χ4n) is 3.04. The number of piperidine rings is 1. The van der Waals surface area contributed by atoms with Gasteiger partial charge in [0.05, 0.1) is 13.2 Å². The zero-order valence-electron chi connectivity index (χ0n) is 12.9. The highest BCUT2D eigenvalue weighted by Crippen LogP contribution is 2.24. The van der Waals surface area contributed by atoms with E-state index in [1.165, 1.54) is 5.56 Å². The summed E-state index contributed by atoms with van der Waals surface area (Å²) in [6.07, 6.45) is 2.08. The number of methoxy groups -OCH3 is 1. The van der Waals surface area contributed by atoms with Crippen molar-refractivity contribution in [2.45, 2.75) is 38.7 Å². The van der Waals surface area contributed by atoms with Crippen molar-refractivity contribution in [1.82, 2.24) is 4.90 Å². The Morgan fingerprint density at radius 2 is 1.80 bits per heavy atom. The number of likely N-dealkylation sites (tertiary alicyclic amines) is 1. The minimum atomic E-state index is -0.156. The van der Waals surface area contributed by atoms with Crippen molar-refractivity contribution < 1.29 is 9.84 Å². The van der Waals surface area contributed by atoms with Crippen molar-refractivity contribution in [3.05, 3.63) is 29.8 Å². The summed E-state index contributed by atoms with van der Waals surface area (Å²) in [6, 6.07) is 8.38. The zero-order valence-corrected chi connectivity index (χ0v) is 12.9. The summed E-state index contributed by atoms with van der Waals surface area (Å²) in [4.78, 5) is 2.52. The molecule has 0 aromatic heterocycles. The van der Waals surface area contributed by atoms with E-state index >= 15 is 0 Å². The van der Waals surface area contributed by atoms with E-state index in [0.717, 1.165) is 38.2 Å². The van der Waals surface area contributed by atoms with E-state index in [-0.39, 0.29) is 6.10 Å². The lowest BCUT2D eigenvalue weighted by atomic mass is 9.91. The third-order valence-electron chi connectivity index (χ3n) is 4.53. The van der Waals surface area contributed by atoms with Gasteiger partial charge in [-0.2, -0.15) is 0 Å². The van der Waals surface area contributed by atoms with E-state index in [4.69, 9.17) is 4.74 Å². The molecule has 0 saturated carbocycles. The zero-order chi connectivity index (χ0) is 14.5. The van der Waals surface area contributed by atoms with E-state index < -0.39 is 0 Å². The first-order valence-corrected chi connectivity index (χ1v) is 7.64. The number of hydrogen-bond acceptors (Lipinski definition) is 3. The highest BCUT2D eigenvalue weighted by atomic mass is 16.5. The second-order valence-corrected chi connectivity index (χ2v) is 6.05. The molecule has 2 unspecified atom stereocenters. The molecule has 1 fully saturated rings. The number of aliphatic hydroxyl groups is 1. The fourth-order valence-corrected chi connectivity index (χ4v) is 3.04. The highest BCUT2D eigenvalue weighted by Gasteiger charge is 2.23. The molecular formula is C17H27NO2. The predicted octanol–water partition coefficient (Wildman–Crippen LogP) is 2.89. The molecule has 1 aliphatic heterocycles. The van der Waals surface area contributed by atoms with Crippen LogP contribution in [0.5, 0.6) is 5.75 Å². The van der Waals surface area contributed by atoms with Crippen LogP contribution in [0.4, 0.5) is 0 Å². The number of benzene rings is 1. The van der Waals surface area contributed by atoms with Crippen LogP contribution in [0.15, 0.2) is 24.3 Å². The van der Waals surface area contributed by atoms with Gasteiger partial charge in [-0.15, -0.1) is 0 Å². The number of ether oxygens (including phenoxy) is 1. The average molecular weight is 277 g/mol. The normalized spacial score (nSPS) is 20.6. The number of rotatable bonds is 5. The van der Waals surface area contributed by atoms with Crippen LogP contribution in [0.3, 0.4) is 0 Å². The molecule has 0 radical (unpaired) electrons. The van der Waals surface area contributed by atoms with E-state index in [2.05, 4.69) is 24.0 Å². The van der Waals surface area contributed by atoms with Crippen LogP contribution in [0.2, 0.25) is 0 Å². The van der Waals surface area contributed by atoms with Gasteiger partial charge in [-0.1, -0.05) is 19.1 Å². The Bertz CT molecular complexity index is 394. The molecule has 0 spiro atoms.